The van der Waals surface area contributed by atoms with Crippen molar-refractivity contribution in [3.8, 4) is 0 Å². The molecule has 0 amide bonds. The highest BCUT2D eigenvalue weighted by Crippen LogP contribution is 2.32. The normalized spacial score (nSPS) is 19.4. The molecule has 0 aromatic heterocycles. The highest BCUT2D eigenvalue weighted by Gasteiger charge is 2.25. The molecule has 1 heterocycles. The lowest BCUT2D eigenvalue weighted by molar-refractivity contribution is 0.375. The van der Waals surface area contributed by atoms with Gasteiger partial charge in [0.25, 0.3) is 0 Å². The lowest BCUT2D eigenvalue weighted by Crippen LogP contribution is -2.16. The van der Waals surface area contributed by atoms with Crippen molar-refractivity contribution >= 4 is 22.6 Å². The summed E-state index contributed by atoms with van der Waals surface area (Å²) >= 11 is 1.62. The molecule has 2 rings (SSSR count). The second-order valence-electron chi connectivity index (χ2n) is 5.90. The molecule has 19 heavy (non-hydrogen) atoms. The fraction of sp³-hybridized carbons (Fsp3) is 0.500. The molecule has 0 radical (unpaired) electrons. The van der Waals surface area contributed by atoms with Crippen LogP contribution in [0.3, 0.4) is 0 Å². The van der Waals surface area contributed by atoms with Crippen molar-refractivity contribution in [3.63, 3.8) is 0 Å². The molecule has 0 fully saturated rings. The van der Waals surface area contributed by atoms with Gasteiger partial charge < -0.3 is 5.32 Å². The number of anilines is 1. The predicted octanol–water partition coefficient (Wildman–Crippen LogP) is 4.28. The van der Waals surface area contributed by atoms with Gasteiger partial charge in [0.15, 0.2) is 5.17 Å². The Bertz CT molecular complexity index is 495. The fourth-order valence-corrected chi connectivity index (χ4v) is 3.35. The van der Waals surface area contributed by atoms with Crippen LogP contribution in [0.1, 0.15) is 27.2 Å². The van der Waals surface area contributed by atoms with Crippen LogP contribution >= 0.6 is 11.8 Å². The molecule has 1 unspecified atom stereocenters. The van der Waals surface area contributed by atoms with Crippen LogP contribution in [0.2, 0.25) is 0 Å². The Morgan fingerprint density at radius 1 is 1.37 bits per heavy atom. The first-order chi connectivity index (χ1) is 8.83. The monoisotopic (exact) mass is 284 g/mol. The minimum absolute atomic E-state index is 0.254. The van der Waals surface area contributed by atoms with E-state index in [1.54, 1.807) is 11.8 Å². The van der Waals surface area contributed by atoms with Crippen molar-refractivity contribution in [2.45, 2.75) is 32.4 Å². The maximum absolute atomic E-state index is 13.5. The van der Waals surface area contributed by atoms with Crippen LogP contribution in [0.4, 0.5) is 14.5 Å². The van der Waals surface area contributed by atoms with Gasteiger partial charge in [-0.25, -0.2) is 8.78 Å². The van der Waals surface area contributed by atoms with Crippen LogP contribution in [-0.4, -0.2) is 17.0 Å². The molecular weight excluding hydrogens is 266 g/mol. The average molecular weight is 284 g/mol. The van der Waals surface area contributed by atoms with Crippen molar-refractivity contribution in [1.82, 2.24) is 0 Å². The molecule has 0 aliphatic carbocycles. The first-order valence-corrected chi connectivity index (χ1v) is 7.15. The Kier molecular flexibility index (Phi) is 4.13. The van der Waals surface area contributed by atoms with Crippen LogP contribution in [0, 0.1) is 17.0 Å². The summed E-state index contributed by atoms with van der Waals surface area (Å²) in [6.45, 7) is 7.32. The Hall–Kier alpha value is -1.10. The first kappa shape index (κ1) is 14.3. The van der Waals surface area contributed by atoms with Crippen molar-refractivity contribution in [2.75, 3.05) is 11.9 Å². The van der Waals surface area contributed by atoms with Crippen LogP contribution in [0.5, 0.6) is 0 Å². The molecule has 1 N–H and O–H groups in total. The van der Waals surface area contributed by atoms with Crippen LogP contribution in [0.25, 0.3) is 0 Å². The van der Waals surface area contributed by atoms with E-state index in [0.717, 1.165) is 19.0 Å². The summed E-state index contributed by atoms with van der Waals surface area (Å²) in [6, 6.07) is 3.50. The van der Waals surface area contributed by atoms with Gasteiger partial charge in [-0.05, 0) is 24.0 Å². The van der Waals surface area contributed by atoms with Crippen LogP contribution < -0.4 is 5.32 Å². The van der Waals surface area contributed by atoms with Gasteiger partial charge in [-0.15, -0.1) is 0 Å². The smallest absolute Gasteiger partial charge is 0.161 e. The molecule has 1 aromatic carbocycles. The molecule has 0 saturated carbocycles. The molecule has 1 aliphatic rings. The van der Waals surface area contributed by atoms with E-state index in [-0.39, 0.29) is 11.1 Å². The Balaban J connectivity index is 1.95. The maximum Gasteiger partial charge on any atom is 0.161 e. The Morgan fingerprint density at radius 3 is 2.74 bits per heavy atom. The summed E-state index contributed by atoms with van der Waals surface area (Å²) in [4.78, 5) is 4.37. The summed E-state index contributed by atoms with van der Waals surface area (Å²) < 4.78 is 26.3. The zero-order valence-electron chi connectivity index (χ0n) is 11.3. The van der Waals surface area contributed by atoms with E-state index >= 15 is 0 Å². The first-order valence-electron chi connectivity index (χ1n) is 6.27. The third kappa shape index (κ3) is 4.20. The quantitative estimate of drug-likeness (QED) is 0.876. The number of hydrogen-bond acceptors (Lipinski definition) is 3. The van der Waals surface area contributed by atoms with Gasteiger partial charge in [-0.3, -0.25) is 4.99 Å². The van der Waals surface area contributed by atoms with Gasteiger partial charge in [0.1, 0.15) is 11.6 Å². The predicted molar refractivity (Wildman–Crippen MR) is 77.7 cm³/mol. The number of nitrogens with one attached hydrogen (secondary N) is 1. The molecule has 2 nitrogen and oxygen atoms in total. The second kappa shape index (κ2) is 5.49. The minimum atomic E-state index is -0.595. The SMILES string of the molecule is CC(C)(C)CC1CN=C(Nc2ccc(F)cc2F)S1. The van der Waals surface area contributed by atoms with E-state index in [1.165, 1.54) is 12.1 Å². The third-order valence-corrected chi connectivity index (χ3v) is 3.83. The number of benzene rings is 1. The van der Waals surface area contributed by atoms with E-state index in [4.69, 9.17) is 0 Å². The number of nitrogens with zero attached hydrogens (tertiary/aromatic N) is 1. The van der Waals surface area contributed by atoms with Gasteiger partial charge in [-0.1, -0.05) is 32.5 Å². The zero-order chi connectivity index (χ0) is 14.0. The summed E-state index contributed by atoms with van der Waals surface area (Å²) in [5.41, 5.74) is 0.521. The van der Waals surface area contributed by atoms with Crippen molar-refractivity contribution in [2.24, 2.45) is 10.4 Å². The summed E-state index contributed by atoms with van der Waals surface area (Å²) in [6.07, 6.45) is 1.05. The topological polar surface area (TPSA) is 24.4 Å². The van der Waals surface area contributed by atoms with Gasteiger partial charge in [-0.2, -0.15) is 0 Å². The van der Waals surface area contributed by atoms with E-state index in [0.29, 0.717) is 10.4 Å². The largest absolute Gasteiger partial charge is 0.333 e. The molecule has 0 spiro atoms. The molecule has 1 aromatic rings. The maximum atomic E-state index is 13.5. The van der Waals surface area contributed by atoms with Crippen molar-refractivity contribution in [1.29, 1.82) is 0 Å². The van der Waals surface area contributed by atoms with E-state index in [1.807, 2.05) is 0 Å². The number of rotatable bonds is 2. The standard InChI is InChI=1S/C14H18F2N2S/c1-14(2,3)7-10-8-17-13(19-10)18-12-5-4-9(15)6-11(12)16/h4-6,10H,7-8H2,1-3H3,(H,17,18). The molecule has 0 bridgehead atoms. The minimum Gasteiger partial charge on any atom is -0.333 e. The van der Waals surface area contributed by atoms with Crippen molar-refractivity contribution < 1.29 is 8.78 Å². The number of thioether (sulfide) groups is 1. The number of hydrogen-bond donors (Lipinski definition) is 1. The van der Waals surface area contributed by atoms with Crippen LogP contribution in [0.15, 0.2) is 23.2 Å². The van der Waals surface area contributed by atoms with Crippen molar-refractivity contribution in [3.05, 3.63) is 29.8 Å². The molecule has 1 aliphatic heterocycles. The van der Waals surface area contributed by atoms with Gasteiger partial charge in [0, 0.05) is 11.3 Å². The molecule has 104 valence electrons. The Labute approximate surface area is 116 Å². The number of halogens is 2. The molecule has 0 saturated heterocycles. The molecule has 5 heteroatoms. The Morgan fingerprint density at radius 2 is 2.11 bits per heavy atom. The molecular formula is C14H18F2N2S. The average Bonchev–Trinajstić information content (AvgIpc) is 2.67. The van der Waals surface area contributed by atoms with E-state index < -0.39 is 11.6 Å². The van der Waals surface area contributed by atoms with Gasteiger partial charge in [0.05, 0.1) is 12.2 Å². The second-order valence-corrected chi connectivity index (χ2v) is 7.19. The summed E-state index contributed by atoms with van der Waals surface area (Å²) in [5.74, 6) is -1.17. The van der Waals surface area contributed by atoms with E-state index in [2.05, 4.69) is 31.1 Å². The third-order valence-electron chi connectivity index (χ3n) is 2.73. The highest BCUT2D eigenvalue weighted by molar-refractivity contribution is 8.15. The number of amidine groups is 1. The lowest BCUT2D eigenvalue weighted by Gasteiger charge is -2.21. The van der Waals surface area contributed by atoms with E-state index in [9.17, 15) is 8.78 Å². The van der Waals surface area contributed by atoms with Gasteiger partial charge >= 0.3 is 0 Å². The lowest BCUT2D eigenvalue weighted by atomic mass is 9.90. The summed E-state index contributed by atoms with van der Waals surface area (Å²) in [5, 5.41) is 4.05. The van der Waals surface area contributed by atoms with Gasteiger partial charge in [0.2, 0.25) is 0 Å². The van der Waals surface area contributed by atoms with Crippen LogP contribution in [-0.2, 0) is 0 Å². The number of aliphatic imine (C=N–C) groups is 1. The fourth-order valence-electron chi connectivity index (χ4n) is 1.98. The summed E-state index contributed by atoms with van der Waals surface area (Å²) in [7, 11) is 0. The molecule has 1 atom stereocenters. The zero-order valence-corrected chi connectivity index (χ0v) is 12.2. The highest BCUT2D eigenvalue weighted by atomic mass is 32.2.